The van der Waals surface area contributed by atoms with Gasteiger partial charge in [0.25, 0.3) is 0 Å². The SMILES string of the molecule is COc1ccccc1/C=C1\C(=O)ON=C1CCl. The molecule has 0 saturated heterocycles. The number of methoxy groups -OCH3 is 1. The minimum absolute atomic E-state index is 0.132. The van der Waals surface area contributed by atoms with Gasteiger partial charge in [0.2, 0.25) is 0 Å². The summed E-state index contributed by atoms with van der Waals surface area (Å²) in [7, 11) is 1.57. The first kappa shape index (κ1) is 11.7. The van der Waals surface area contributed by atoms with Crippen LogP contribution in [0.2, 0.25) is 0 Å². The van der Waals surface area contributed by atoms with Crippen LogP contribution in [0.25, 0.3) is 6.08 Å². The summed E-state index contributed by atoms with van der Waals surface area (Å²) in [6.07, 6.45) is 1.66. The van der Waals surface area contributed by atoms with Crippen LogP contribution in [0.1, 0.15) is 5.56 Å². The number of rotatable bonds is 3. The van der Waals surface area contributed by atoms with Crippen LogP contribution < -0.4 is 4.74 Å². The number of hydrogen-bond acceptors (Lipinski definition) is 4. The van der Waals surface area contributed by atoms with Gasteiger partial charge in [-0.25, -0.2) is 4.79 Å². The van der Waals surface area contributed by atoms with E-state index in [1.165, 1.54) is 0 Å². The highest BCUT2D eigenvalue weighted by Crippen LogP contribution is 2.23. The third-order valence-corrected chi connectivity index (χ3v) is 2.59. The summed E-state index contributed by atoms with van der Waals surface area (Å²) < 4.78 is 5.19. The first-order chi connectivity index (χ1) is 8.26. The van der Waals surface area contributed by atoms with Gasteiger partial charge in [-0.3, -0.25) is 0 Å². The highest BCUT2D eigenvalue weighted by Gasteiger charge is 2.24. The molecule has 1 aromatic rings. The van der Waals surface area contributed by atoms with Crippen molar-refractivity contribution in [3.05, 3.63) is 35.4 Å². The van der Waals surface area contributed by atoms with E-state index < -0.39 is 5.97 Å². The van der Waals surface area contributed by atoms with Crippen molar-refractivity contribution < 1.29 is 14.4 Å². The van der Waals surface area contributed by atoms with Crippen LogP contribution in [-0.4, -0.2) is 24.7 Å². The summed E-state index contributed by atoms with van der Waals surface area (Å²) in [6.45, 7) is 0. The average molecular weight is 252 g/mol. The van der Waals surface area contributed by atoms with E-state index in [-0.39, 0.29) is 5.88 Å². The lowest BCUT2D eigenvalue weighted by molar-refractivity contribution is -0.136. The zero-order valence-electron chi connectivity index (χ0n) is 9.14. The number of oxime groups is 1. The lowest BCUT2D eigenvalue weighted by Gasteiger charge is -2.04. The average Bonchev–Trinajstić information content (AvgIpc) is 2.71. The van der Waals surface area contributed by atoms with Crippen molar-refractivity contribution in [2.75, 3.05) is 13.0 Å². The zero-order chi connectivity index (χ0) is 12.3. The Morgan fingerprint density at radius 1 is 1.47 bits per heavy atom. The van der Waals surface area contributed by atoms with Gasteiger partial charge in [-0.05, 0) is 12.1 Å². The summed E-state index contributed by atoms with van der Waals surface area (Å²) in [6, 6.07) is 7.35. The van der Waals surface area contributed by atoms with Crippen molar-refractivity contribution in [2.24, 2.45) is 5.16 Å². The molecule has 0 radical (unpaired) electrons. The normalized spacial score (nSPS) is 16.9. The largest absolute Gasteiger partial charge is 0.496 e. The molecule has 17 heavy (non-hydrogen) atoms. The number of carbonyl (C=O) groups is 1. The van der Waals surface area contributed by atoms with E-state index in [1.54, 1.807) is 13.2 Å². The first-order valence-corrected chi connectivity index (χ1v) is 5.49. The lowest BCUT2D eigenvalue weighted by Crippen LogP contribution is -2.06. The van der Waals surface area contributed by atoms with Crippen molar-refractivity contribution in [3.63, 3.8) is 0 Å². The number of benzene rings is 1. The van der Waals surface area contributed by atoms with Gasteiger partial charge in [0.1, 0.15) is 11.5 Å². The molecule has 5 heteroatoms. The molecule has 0 amide bonds. The Bertz CT molecular complexity index is 508. The fraction of sp³-hybridized carbons (Fsp3) is 0.167. The van der Waals surface area contributed by atoms with Crippen LogP contribution in [0.3, 0.4) is 0 Å². The van der Waals surface area contributed by atoms with E-state index >= 15 is 0 Å². The quantitative estimate of drug-likeness (QED) is 0.470. The van der Waals surface area contributed by atoms with Gasteiger partial charge < -0.3 is 9.57 Å². The molecule has 1 aromatic carbocycles. The zero-order valence-corrected chi connectivity index (χ0v) is 9.90. The monoisotopic (exact) mass is 251 g/mol. The number of ether oxygens (including phenoxy) is 1. The van der Waals surface area contributed by atoms with Crippen LogP contribution in [0.15, 0.2) is 35.0 Å². The molecule has 0 saturated carbocycles. The molecule has 0 bridgehead atoms. The number of alkyl halides is 1. The third-order valence-electron chi connectivity index (χ3n) is 2.33. The lowest BCUT2D eigenvalue weighted by atomic mass is 10.1. The van der Waals surface area contributed by atoms with Crippen molar-refractivity contribution in [1.29, 1.82) is 0 Å². The number of para-hydroxylation sites is 1. The van der Waals surface area contributed by atoms with Gasteiger partial charge in [-0.15, -0.1) is 11.6 Å². The van der Waals surface area contributed by atoms with E-state index in [1.807, 2.05) is 24.3 Å². The van der Waals surface area contributed by atoms with Gasteiger partial charge in [0, 0.05) is 5.56 Å². The number of carbonyl (C=O) groups excluding carboxylic acids is 1. The molecule has 1 aliphatic rings. The smallest absolute Gasteiger partial charge is 0.367 e. The molecule has 1 heterocycles. The molecule has 88 valence electrons. The minimum Gasteiger partial charge on any atom is -0.496 e. The van der Waals surface area contributed by atoms with Crippen molar-refractivity contribution in [3.8, 4) is 5.75 Å². The molecule has 0 unspecified atom stereocenters. The summed E-state index contributed by atoms with van der Waals surface area (Å²) >= 11 is 5.67. The highest BCUT2D eigenvalue weighted by molar-refractivity contribution is 6.38. The summed E-state index contributed by atoms with van der Waals surface area (Å²) in [5.41, 5.74) is 1.58. The summed E-state index contributed by atoms with van der Waals surface area (Å²) in [4.78, 5) is 16.0. The molecule has 0 aromatic heterocycles. The van der Waals surface area contributed by atoms with Crippen LogP contribution >= 0.6 is 11.6 Å². The Kier molecular flexibility index (Phi) is 3.44. The first-order valence-electron chi connectivity index (χ1n) is 4.95. The molecular weight excluding hydrogens is 242 g/mol. The van der Waals surface area contributed by atoms with Gasteiger partial charge in [-0.1, -0.05) is 23.4 Å². The molecule has 0 fully saturated rings. The van der Waals surface area contributed by atoms with Crippen LogP contribution in [0.5, 0.6) is 5.75 Å². The molecule has 0 spiro atoms. The number of halogens is 1. The van der Waals surface area contributed by atoms with Crippen LogP contribution in [0.4, 0.5) is 0 Å². The van der Waals surface area contributed by atoms with E-state index in [4.69, 9.17) is 16.3 Å². The Labute approximate surface area is 103 Å². The van der Waals surface area contributed by atoms with E-state index in [0.29, 0.717) is 17.0 Å². The maximum Gasteiger partial charge on any atom is 0.367 e. The molecule has 0 aliphatic carbocycles. The third kappa shape index (κ3) is 2.31. The van der Waals surface area contributed by atoms with Gasteiger partial charge in [0.15, 0.2) is 0 Å². The number of hydrogen-bond donors (Lipinski definition) is 0. The van der Waals surface area contributed by atoms with E-state index in [9.17, 15) is 4.79 Å². The summed E-state index contributed by atoms with van der Waals surface area (Å²) in [5, 5.41) is 3.59. The Morgan fingerprint density at radius 2 is 2.24 bits per heavy atom. The van der Waals surface area contributed by atoms with Crippen LogP contribution in [0, 0.1) is 0 Å². The fourth-order valence-corrected chi connectivity index (χ4v) is 1.69. The second-order valence-corrected chi connectivity index (χ2v) is 3.62. The molecular formula is C12H10ClNO3. The predicted octanol–water partition coefficient (Wildman–Crippen LogP) is 2.23. The fourth-order valence-electron chi connectivity index (χ4n) is 1.49. The van der Waals surface area contributed by atoms with Crippen molar-refractivity contribution in [1.82, 2.24) is 0 Å². The standard InChI is InChI=1S/C12H10ClNO3/c1-16-11-5-3-2-4-8(11)6-9-10(7-13)14-17-12(9)15/h2-6H,7H2,1H3/b9-6-. The van der Waals surface area contributed by atoms with Crippen molar-refractivity contribution >= 4 is 29.4 Å². The van der Waals surface area contributed by atoms with Crippen LogP contribution in [-0.2, 0) is 9.63 Å². The topological polar surface area (TPSA) is 47.9 Å². The van der Waals surface area contributed by atoms with E-state index in [2.05, 4.69) is 9.99 Å². The summed E-state index contributed by atoms with van der Waals surface area (Å²) in [5.74, 6) is 0.312. The molecule has 4 nitrogen and oxygen atoms in total. The molecule has 1 aliphatic heterocycles. The number of nitrogens with zero attached hydrogens (tertiary/aromatic N) is 1. The Hall–Kier alpha value is -1.81. The second-order valence-electron chi connectivity index (χ2n) is 3.35. The predicted molar refractivity (Wildman–Crippen MR) is 65.2 cm³/mol. The molecule has 2 rings (SSSR count). The minimum atomic E-state index is -0.494. The molecule has 0 atom stereocenters. The van der Waals surface area contributed by atoms with Gasteiger partial charge >= 0.3 is 5.97 Å². The molecule has 0 N–H and O–H groups in total. The maximum absolute atomic E-state index is 11.4. The van der Waals surface area contributed by atoms with Gasteiger partial charge in [-0.2, -0.15) is 0 Å². The van der Waals surface area contributed by atoms with Crippen molar-refractivity contribution in [2.45, 2.75) is 0 Å². The van der Waals surface area contributed by atoms with Gasteiger partial charge in [0.05, 0.1) is 18.6 Å². The highest BCUT2D eigenvalue weighted by atomic mass is 35.5. The maximum atomic E-state index is 11.4. The second kappa shape index (κ2) is 5.01. The Morgan fingerprint density at radius 3 is 2.94 bits per heavy atom. The van der Waals surface area contributed by atoms with E-state index in [0.717, 1.165) is 5.56 Å². The Balaban J connectivity index is 2.41.